The number of nitrogens with zero attached hydrogens (tertiary/aromatic N) is 4. The van der Waals surface area contributed by atoms with Crippen LogP contribution in [-0.2, 0) is 6.54 Å². The summed E-state index contributed by atoms with van der Waals surface area (Å²) in [6, 6.07) is 7.82. The molecule has 18 heavy (non-hydrogen) atoms. The normalized spacial score (nSPS) is 13.0. The van der Waals surface area contributed by atoms with Crippen molar-refractivity contribution in [3.8, 4) is 0 Å². The molecule has 0 saturated carbocycles. The van der Waals surface area contributed by atoms with Crippen LogP contribution in [0.1, 0.15) is 24.5 Å². The Labute approximate surface area is 104 Å². The van der Waals surface area contributed by atoms with Crippen molar-refractivity contribution in [3.05, 3.63) is 42.0 Å². The van der Waals surface area contributed by atoms with Crippen molar-refractivity contribution >= 4 is 11.0 Å². The van der Waals surface area contributed by atoms with Gasteiger partial charge in [0.1, 0.15) is 12.4 Å². The summed E-state index contributed by atoms with van der Waals surface area (Å²) < 4.78 is 1.73. The number of H-pyrrole nitrogens is 1. The van der Waals surface area contributed by atoms with E-state index in [1.54, 1.807) is 4.68 Å². The van der Waals surface area contributed by atoms with Gasteiger partial charge in [-0.1, -0.05) is 17.3 Å². The molecular weight excluding hydrogens is 228 g/mol. The maximum absolute atomic E-state index is 5.74. The first kappa shape index (κ1) is 10.9. The molecule has 0 radical (unpaired) electrons. The second-order valence-corrected chi connectivity index (χ2v) is 4.33. The van der Waals surface area contributed by atoms with Gasteiger partial charge in [-0.3, -0.25) is 0 Å². The van der Waals surface area contributed by atoms with Gasteiger partial charge in [0, 0.05) is 6.04 Å². The number of aromatic nitrogens is 5. The average molecular weight is 242 g/mol. The molecule has 3 N–H and O–H groups in total. The number of imidazole rings is 1. The Morgan fingerprint density at radius 2 is 2.22 bits per heavy atom. The number of hydrogen-bond acceptors (Lipinski definition) is 4. The second-order valence-electron chi connectivity index (χ2n) is 4.33. The highest BCUT2D eigenvalue weighted by Gasteiger charge is 2.07. The van der Waals surface area contributed by atoms with Crippen LogP contribution in [0.4, 0.5) is 0 Å². The van der Waals surface area contributed by atoms with E-state index < -0.39 is 0 Å². The molecule has 0 aliphatic carbocycles. The van der Waals surface area contributed by atoms with Gasteiger partial charge in [0.05, 0.1) is 22.9 Å². The summed E-state index contributed by atoms with van der Waals surface area (Å²) in [4.78, 5) is 7.74. The Bertz CT molecular complexity index is 633. The molecule has 0 saturated heterocycles. The number of rotatable bonds is 3. The smallest absolute Gasteiger partial charge is 0.129 e. The Kier molecular flexibility index (Phi) is 2.56. The number of fused-ring (bicyclic) bond motifs is 1. The van der Waals surface area contributed by atoms with Crippen LogP contribution in [0, 0.1) is 0 Å². The van der Waals surface area contributed by atoms with E-state index in [1.165, 1.54) is 0 Å². The van der Waals surface area contributed by atoms with Crippen molar-refractivity contribution in [1.82, 2.24) is 25.0 Å². The fourth-order valence-electron chi connectivity index (χ4n) is 1.83. The number of hydrogen-bond donors (Lipinski definition) is 2. The lowest BCUT2D eigenvalue weighted by molar-refractivity contribution is 0.630. The predicted molar refractivity (Wildman–Crippen MR) is 67.8 cm³/mol. The molecule has 6 heteroatoms. The van der Waals surface area contributed by atoms with Crippen molar-refractivity contribution in [3.63, 3.8) is 0 Å². The summed E-state index contributed by atoms with van der Waals surface area (Å²) in [5, 5.41) is 8.04. The van der Waals surface area contributed by atoms with E-state index in [1.807, 2.05) is 37.4 Å². The van der Waals surface area contributed by atoms with E-state index in [0.717, 1.165) is 22.6 Å². The van der Waals surface area contributed by atoms with Crippen LogP contribution in [0.3, 0.4) is 0 Å². The van der Waals surface area contributed by atoms with Crippen molar-refractivity contribution < 1.29 is 0 Å². The van der Waals surface area contributed by atoms with Crippen LogP contribution in [0.15, 0.2) is 30.5 Å². The molecule has 0 spiro atoms. The third-order valence-corrected chi connectivity index (χ3v) is 2.77. The highest BCUT2D eigenvalue weighted by atomic mass is 15.4. The van der Waals surface area contributed by atoms with E-state index in [-0.39, 0.29) is 6.04 Å². The Morgan fingerprint density at radius 3 is 2.94 bits per heavy atom. The zero-order valence-electron chi connectivity index (χ0n) is 10.0. The molecule has 2 aromatic heterocycles. The predicted octanol–water partition coefficient (Wildman–Crippen LogP) is 1.22. The van der Waals surface area contributed by atoms with Gasteiger partial charge in [0.15, 0.2) is 0 Å². The first-order valence-electron chi connectivity index (χ1n) is 5.81. The van der Waals surface area contributed by atoms with E-state index in [4.69, 9.17) is 5.73 Å². The lowest BCUT2D eigenvalue weighted by Crippen LogP contribution is -2.05. The third-order valence-electron chi connectivity index (χ3n) is 2.77. The molecule has 2 heterocycles. The van der Waals surface area contributed by atoms with Gasteiger partial charge in [-0.15, -0.1) is 5.10 Å². The molecule has 0 aliphatic heterocycles. The van der Waals surface area contributed by atoms with Crippen molar-refractivity contribution in [2.24, 2.45) is 5.73 Å². The monoisotopic (exact) mass is 242 g/mol. The van der Waals surface area contributed by atoms with E-state index >= 15 is 0 Å². The van der Waals surface area contributed by atoms with Gasteiger partial charge in [-0.05, 0) is 19.1 Å². The Hall–Kier alpha value is -2.21. The number of para-hydroxylation sites is 2. The molecule has 3 rings (SSSR count). The van der Waals surface area contributed by atoms with Gasteiger partial charge in [-0.2, -0.15) is 0 Å². The molecule has 92 valence electrons. The van der Waals surface area contributed by atoms with Crippen LogP contribution < -0.4 is 5.73 Å². The van der Waals surface area contributed by atoms with Gasteiger partial charge < -0.3 is 10.7 Å². The van der Waals surface area contributed by atoms with E-state index in [9.17, 15) is 0 Å². The molecule has 3 aromatic rings. The molecule has 0 bridgehead atoms. The Morgan fingerprint density at radius 1 is 1.39 bits per heavy atom. The topological polar surface area (TPSA) is 85.4 Å². The summed E-state index contributed by atoms with van der Waals surface area (Å²) in [6.45, 7) is 2.45. The van der Waals surface area contributed by atoms with E-state index in [2.05, 4.69) is 20.3 Å². The lowest BCUT2D eigenvalue weighted by Gasteiger charge is -1.97. The van der Waals surface area contributed by atoms with Crippen LogP contribution >= 0.6 is 0 Å². The van der Waals surface area contributed by atoms with Gasteiger partial charge in [-0.25, -0.2) is 9.67 Å². The SMILES string of the molecule is CC(N)c1cn(Cc2nc3ccccc3[nH]2)nn1. The number of aromatic amines is 1. The molecule has 0 fully saturated rings. The molecule has 1 aromatic carbocycles. The molecule has 0 aliphatic rings. The maximum Gasteiger partial charge on any atom is 0.129 e. The number of nitrogens with one attached hydrogen (secondary N) is 1. The van der Waals surface area contributed by atoms with Crippen LogP contribution in [0.25, 0.3) is 11.0 Å². The summed E-state index contributed by atoms with van der Waals surface area (Å²) in [5.41, 5.74) is 8.51. The standard InChI is InChI=1S/C12H14N6/c1-8(13)11-6-18(17-16-11)7-12-14-9-4-2-3-5-10(9)15-12/h2-6,8H,7,13H2,1H3,(H,14,15). The first-order chi connectivity index (χ1) is 8.72. The minimum Gasteiger partial charge on any atom is -0.340 e. The largest absolute Gasteiger partial charge is 0.340 e. The highest BCUT2D eigenvalue weighted by Crippen LogP contribution is 2.11. The average Bonchev–Trinajstić information content (AvgIpc) is 2.94. The van der Waals surface area contributed by atoms with Gasteiger partial charge in [0.25, 0.3) is 0 Å². The lowest BCUT2D eigenvalue weighted by atomic mass is 10.3. The minimum absolute atomic E-state index is 0.102. The van der Waals surface area contributed by atoms with Crippen molar-refractivity contribution in [2.45, 2.75) is 19.5 Å². The fourth-order valence-corrected chi connectivity index (χ4v) is 1.83. The van der Waals surface area contributed by atoms with Crippen molar-refractivity contribution in [2.75, 3.05) is 0 Å². The molecule has 1 atom stereocenters. The maximum atomic E-state index is 5.74. The highest BCUT2D eigenvalue weighted by molar-refractivity contribution is 5.74. The van der Waals surface area contributed by atoms with Crippen LogP contribution in [-0.4, -0.2) is 25.0 Å². The van der Waals surface area contributed by atoms with Crippen LogP contribution in [0.2, 0.25) is 0 Å². The summed E-state index contributed by atoms with van der Waals surface area (Å²) in [5.74, 6) is 0.859. The third kappa shape index (κ3) is 1.98. The molecule has 0 amide bonds. The van der Waals surface area contributed by atoms with Gasteiger partial charge >= 0.3 is 0 Å². The van der Waals surface area contributed by atoms with Crippen molar-refractivity contribution in [1.29, 1.82) is 0 Å². The second kappa shape index (κ2) is 4.23. The summed E-state index contributed by atoms with van der Waals surface area (Å²) in [7, 11) is 0. The molecule has 1 unspecified atom stereocenters. The zero-order valence-corrected chi connectivity index (χ0v) is 10.0. The Balaban J connectivity index is 1.86. The van der Waals surface area contributed by atoms with Gasteiger partial charge in [0.2, 0.25) is 0 Å². The minimum atomic E-state index is -0.102. The van der Waals surface area contributed by atoms with Crippen LogP contribution in [0.5, 0.6) is 0 Å². The fraction of sp³-hybridized carbons (Fsp3) is 0.250. The number of nitrogens with two attached hydrogens (primary N) is 1. The van der Waals surface area contributed by atoms with E-state index in [0.29, 0.717) is 6.54 Å². The summed E-state index contributed by atoms with van der Waals surface area (Å²) >= 11 is 0. The summed E-state index contributed by atoms with van der Waals surface area (Å²) in [6.07, 6.45) is 1.85. The quantitative estimate of drug-likeness (QED) is 0.723. The molecule has 6 nitrogen and oxygen atoms in total. The zero-order chi connectivity index (χ0) is 12.5. The first-order valence-corrected chi connectivity index (χ1v) is 5.81. The molecular formula is C12H14N6. The number of benzene rings is 1.